The van der Waals surface area contributed by atoms with E-state index in [-0.39, 0.29) is 6.61 Å². The average Bonchev–Trinajstić information content (AvgIpc) is 2.51. The molecule has 23 heavy (non-hydrogen) atoms. The van der Waals surface area contributed by atoms with E-state index in [0.717, 1.165) is 22.1 Å². The zero-order chi connectivity index (χ0) is 16.8. The van der Waals surface area contributed by atoms with Crippen LogP contribution in [-0.4, -0.2) is 13.7 Å². The van der Waals surface area contributed by atoms with Crippen molar-refractivity contribution in [2.75, 3.05) is 13.7 Å². The second-order valence-electron chi connectivity index (χ2n) is 4.84. The van der Waals surface area contributed by atoms with Gasteiger partial charge in [-0.2, -0.15) is 0 Å². The van der Waals surface area contributed by atoms with Crippen molar-refractivity contribution in [3.8, 4) is 11.5 Å². The second kappa shape index (κ2) is 8.78. The van der Waals surface area contributed by atoms with Crippen molar-refractivity contribution in [1.82, 2.24) is 5.32 Å². The smallest absolute Gasteiger partial charge is 0.162 e. The van der Waals surface area contributed by atoms with Crippen LogP contribution in [0.4, 0.5) is 0 Å². The predicted molar refractivity (Wildman–Crippen MR) is 98.9 cm³/mol. The molecule has 2 aromatic rings. The Morgan fingerprint density at radius 1 is 1.09 bits per heavy atom. The lowest BCUT2D eigenvalue weighted by Crippen LogP contribution is -2.07. The zero-order valence-corrected chi connectivity index (χ0v) is 16.1. The molecule has 0 spiro atoms. The van der Waals surface area contributed by atoms with Crippen LogP contribution in [0.25, 0.3) is 0 Å². The minimum Gasteiger partial charge on any atom is -0.490 e. The number of rotatable bonds is 7. The topological polar surface area (TPSA) is 30.5 Å². The number of ether oxygens (including phenoxy) is 2. The van der Waals surface area contributed by atoms with Gasteiger partial charge in [0.15, 0.2) is 11.5 Å². The van der Waals surface area contributed by atoms with E-state index < -0.39 is 0 Å². The molecule has 0 amide bonds. The molecule has 0 radical (unpaired) electrons. The van der Waals surface area contributed by atoms with Crippen molar-refractivity contribution in [2.45, 2.75) is 20.1 Å². The molecule has 0 saturated carbocycles. The number of benzene rings is 2. The summed E-state index contributed by atoms with van der Waals surface area (Å²) < 4.78 is 12.5. The Bertz CT molecular complexity index is 660. The number of nitrogens with one attached hydrogen (secondary N) is 1. The SMILES string of the molecule is CCOc1cc(CNC)c(Br)cc1OCc1c(Cl)cccc1Cl. The molecule has 0 bridgehead atoms. The van der Waals surface area contributed by atoms with Gasteiger partial charge < -0.3 is 14.8 Å². The fourth-order valence-corrected chi connectivity index (χ4v) is 3.07. The molecule has 0 saturated heterocycles. The van der Waals surface area contributed by atoms with Gasteiger partial charge in [0.25, 0.3) is 0 Å². The molecular weight excluding hydrogens is 401 g/mol. The lowest BCUT2D eigenvalue weighted by Gasteiger charge is -2.16. The number of halogens is 3. The van der Waals surface area contributed by atoms with Crippen LogP contribution in [0, 0.1) is 0 Å². The lowest BCUT2D eigenvalue weighted by atomic mass is 10.2. The number of hydrogen-bond acceptors (Lipinski definition) is 3. The van der Waals surface area contributed by atoms with Gasteiger partial charge in [-0.25, -0.2) is 0 Å². The van der Waals surface area contributed by atoms with Crippen LogP contribution in [0.1, 0.15) is 18.1 Å². The predicted octanol–water partition coefficient (Wildman–Crippen LogP) is 5.45. The highest BCUT2D eigenvalue weighted by Gasteiger charge is 2.13. The summed E-state index contributed by atoms with van der Waals surface area (Å²) in [5.74, 6) is 1.35. The fourth-order valence-electron chi connectivity index (χ4n) is 2.10. The van der Waals surface area contributed by atoms with E-state index in [1.807, 2.05) is 32.2 Å². The summed E-state index contributed by atoms with van der Waals surface area (Å²) in [6.45, 7) is 3.51. The molecule has 2 rings (SSSR count). The van der Waals surface area contributed by atoms with Gasteiger partial charge in [-0.05, 0) is 43.8 Å². The molecule has 1 N–H and O–H groups in total. The van der Waals surface area contributed by atoms with Crippen LogP contribution < -0.4 is 14.8 Å². The molecule has 0 aliphatic carbocycles. The van der Waals surface area contributed by atoms with Gasteiger partial charge in [-0.3, -0.25) is 0 Å². The quantitative estimate of drug-likeness (QED) is 0.648. The summed E-state index contributed by atoms with van der Waals surface area (Å²) in [7, 11) is 1.90. The summed E-state index contributed by atoms with van der Waals surface area (Å²) in [5, 5.41) is 4.29. The van der Waals surface area contributed by atoms with E-state index in [1.165, 1.54) is 0 Å². The van der Waals surface area contributed by atoms with Crippen molar-refractivity contribution < 1.29 is 9.47 Å². The maximum Gasteiger partial charge on any atom is 0.162 e. The maximum atomic E-state index is 6.18. The van der Waals surface area contributed by atoms with Crippen LogP contribution in [0.15, 0.2) is 34.8 Å². The Balaban J connectivity index is 2.26. The molecule has 0 aliphatic rings. The third kappa shape index (κ3) is 4.77. The van der Waals surface area contributed by atoms with E-state index in [0.29, 0.717) is 28.2 Å². The van der Waals surface area contributed by atoms with Crippen molar-refractivity contribution >= 4 is 39.1 Å². The molecule has 0 aromatic heterocycles. The summed E-state index contributed by atoms with van der Waals surface area (Å²) >= 11 is 15.9. The highest BCUT2D eigenvalue weighted by molar-refractivity contribution is 9.10. The van der Waals surface area contributed by atoms with E-state index in [9.17, 15) is 0 Å². The Morgan fingerprint density at radius 2 is 1.74 bits per heavy atom. The second-order valence-corrected chi connectivity index (χ2v) is 6.51. The monoisotopic (exact) mass is 417 g/mol. The van der Waals surface area contributed by atoms with E-state index in [2.05, 4.69) is 21.2 Å². The summed E-state index contributed by atoms with van der Waals surface area (Å²) in [6, 6.07) is 9.27. The van der Waals surface area contributed by atoms with Crippen LogP contribution in [0.3, 0.4) is 0 Å². The Hall–Kier alpha value is -0.940. The molecule has 0 aliphatic heterocycles. The van der Waals surface area contributed by atoms with Crippen LogP contribution >= 0.6 is 39.1 Å². The molecule has 0 atom stereocenters. The fraction of sp³-hybridized carbons (Fsp3) is 0.294. The highest BCUT2D eigenvalue weighted by Crippen LogP contribution is 2.35. The zero-order valence-electron chi connectivity index (χ0n) is 13.0. The van der Waals surface area contributed by atoms with E-state index in [4.69, 9.17) is 32.7 Å². The standard InChI is InChI=1S/C17H18BrCl2NO2/c1-3-22-16-7-11(9-21-2)13(18)8-17(16)23-10-12-14(19)5-4-6-15(12)20/h4-8,21H,3,9-10H2,1-2H3. The summed E-state index contributed by atoms with van der Waals surface area (Å²) in [4.78, 5) is 0. The molecule has 124 valence electrons. The first-order valence-electron chi connectivity index (χ1n) is 7.22. The van der Waals surface area contributed by atoms with Gasteiger partial charge in [-0.15, -0.1) is 0 Å². The average molecular weight is 419 g/mol. The van der Waals surface area contributed by atoms with Gasteiger partial charge in [0.1, 0.15) is 6.61 Å². The molecule has 0 heterocycles. The Kier molecular flexibility index (Phi) is 7.03. The van der Waals surface area contributed by atoms with Crippen LogP contribution in [0.5, 0.6) is 11.5 Å². The molecular formula is C17H18BrCl2NO2. The normalized spacial score (nSPS) is 10.7. The first-order valence-corrected chi connectivity index (χ1v) is 8.77. The van der Waals surface area contributed by atoms with Gasteiger partial charge in [0.2, 0.25) is 0 Å². The molecule has 3 nitrogen and oxygen atoms in total. The molecule has 2 aromatic carbocycles. The van der Waals surface area contributed by atoms with E-state index in [1.54, 1.807) is 12.1 Å². The highest BCUT2D eigenvalue weighted by atomic mass is 79.9. The van der Waals surface area contributed by atoms with E-state index >= 15 is 0 Å². The van der Waals surface area contributed by atoms with Gasteiger partial charge in [-0.1, -0.05) is 45.2 Å². The Morgan fingerprint density at radius 3 is 2.35 bits per heavy atom. The minimum atomic E-state index is 0.274. The van der Waals surface area contributed by atoms with Crippen molar-refractivity contribution in [2.24, 2.45) is 0 Å². The largest absolute Gasteiger partial charge is 0.490 e. The summed E-state index contributed by atoms with van der Waals surface area (Å²) in [6.07, 6.45) is 0. The van der Waals surface area contributed by atoms with Gasteiger partial charge in [0, 0.05) is 26.6 Å². The lowest BCUT2D eigenvalue weighted by molar-refractivity contribution is 0.269. The Labute approximate surface area is 155 Å². The number of hydrogen-bond donors (Lipinski definition) is 1. The molecule has 0 unspecified atom stereocenters. The first kappa shape index (κ1) is 18.4. The third-order valence-electron chi connectivity index (χ3n) is 3.21. The first-order chi connectivity index (χ1) is 11.1. The van der Waals surface area contributed by atoms with Gasteiger partial charge >= 0.3 is 0 Å². The maximum absolute atomic E-state index is 6.18. The van der Waals surface area contributed by atoms with Crippen LogP contribution in [-0.2, 0) is 13.2 Å². The van der Waals surface area contributed by atoms with Gasteiger partial charge in [0.05, 0.1) is 6.61 Å². The third-order valence-corrected chi connectivity index (χ3v) is 4.66. The minimum absolute atomic E-state index is 0.274. The molecule has 6 heteroatoms. The van der Waals surface area contributed by atoms with Crippen molar-refractivity contribution in [3.05, 3.63) is 56.0 Å². The van der Waals surface area contributed by atoms with Crippen molar-refractivity contribution in [1.29, 1.82) is 0 Å². The van der Waals surface area contributed by atoms with Crippen LogP contribution in [0.2, 0.25) is 10.0 Å². The van der Waals surface area contributed by atoms with Crippen molar-refractivity contribution in [3.63, 3.8) is 0 Å². The summed E-state index contributed by atoms with van der Waals surface area (Å²) in [5.41, 5.74) is 1.85. The molecule has 0 fully saturated rings.